The first-order valence-corrected chi connectivity index (χ1v) is 8.67. The van der Waals surface area contributed by atoms with Crippen LogP contribution < -0.4 is 0 Å². The lowest BCUT2D eigenvalue weighted by molar-refractivity contribution is 0.141. The van der Waals surface area contributed by atoms with Gasteiger partial charge in [-0.1, -0.05) is 26.7 Å². The fraction of sp³-hybridized carbons (Fsp3) is 0.600. The van der Waals surface area contributed by atoms with Gasteiger partial charge >= 0.3 is 0 Å². The lowest BCUT2D eigenvalue weighted by Crippen LogP contribution is -2.42. The quantitative estimate of drug-likeness (QED) is 0.929. The molecule has 20 heavy (non-hydrogen) atoms. The van der Waals surface area contributed by atoms with Crippen LogP contribution in [0.25, 0.3) is 0 Å². The monoisotopic (exact) mass is 297 g/mol. The van der Waals surface area contributed by atoms with Gasteiger partial charge in [-0.2, -0.15) is 4.31 Å². The molecule has 1 aromatic rings. The molecule has 1 N–H and O–H groups in total. The van der Waals surface area contributed by atoms with Crippen LogP contribution in [0.5, 0.6) is 5.75 Å². The molecule has 0 amide bonds. The van der Waals surface area contributed by atoms with Gasteiger partial charge in [0.05, 0.1) is 4.90 Å². The maximum absolute atomic E-state index is 12.5. The summed E-state index contributed by atoms with van der Waals surface area (Å²) >= 11 is 0. The molecular weight excluding hydrogens is 274 g/mol. The highest BCUT2D eigenvalue weighted by Crippen LogP contribution is 2.39. The summed E-state index contributed by atoms with van der Waals surface area (Å²) in [6.45, 7) is 5.55. The highest BCUT2D eigenvalue weighted by Gasteiger charge is 2.36. The van der Waals surface area contributed by atoms with Gasteiger partial charge in [0.25, 0.3) is 0 Å². The number of aromatic hydroxyl groups is 1. The number of phenols is 1. The number of nitrogens with zero attached hydrogens (tertiary/aromatic N) is 1. The second-order valence-electron chi connectivity index (χ2n) is 5.61. The van der Waals surface area contributed by atoms with Crippen molar-refractivity contribution in [3.05, 3.63) is 24.3 Å². The molecule has 0 radical (unpaired) electrons. The third kappa shape index (κ3) is 2.83. The van der Waals surface area contributed by atoms with Crippen LogP contribution in [0.2, 0.25) is 0 Å². The third-order valence-electron chi connectivity index (χ3n) is 4.76. The summed E-state index contributed by atoms with van der Waals surface area (Å²) in [6.07, 6.45) is 4.07. The van der Waals surface area contributed by atoms with Crippen LogP contribution >= 0.6 is 0 Å². The Bertz CT molecular complexity index is 537. The van der Waals surface area contributed by atoms with Crippen molar-refractivity contribution in [1.82, 2.24) is 4.31 Å². The Morgan fingerprint density at radius 1 is 1.10 bits per heavy atom. The SMILES string of the molecule is CCC1(CC)CCN(S(=O)(=O)c2ccc(O)cc2)CC1. The van der Waals surface area contributed by atoms with Crippen molar-refractivity contribution in [2.75, 3.05) is 13.1 Å². The summed E-state index contributed by atoms with van der Waals surface area (Å²) < 4.78 is 26.6. The predicted octanol–water partition coefficient (Wildman–Crippen LogP) is 2.98. The van der Waals surface area contributed by atoms with Crippen molar-refractivity contribution in [2.45, 2.75) is 44.4 Å². The molecule has 0 bridgehead atoms. The first kappa shape index (κ1) is 15.3. The van der Waals surface area contributed by atoms with Crippen molar-refractivity contribution < 1.29 is 13.5 Å². The van der Waals surface area contributed by atoms with E-state index in [0.29, 0.717) is 18.5 Å². The van der Waals surface area contributed by atoms with E-state index in [4.69, 9.17) is 0 Å². The molecule has 0 spiro atoms. The summed E-state index contributed by atoms with van der Waals surface area (Å²) in [5.74, 6) is 0.0820. The molecule has 112 valence electrons. The van der Waals surface area contributed by atoms with Gasteiger partial charge in [0.15, 0.2) is 0 Å². The van der Waals surface area contributed by atoms with Gasteiger partial charge in [-0.15, -0.1) is 0 Å². The van der Waals surface area contributed by atoms with E-state index in [9.17, 15) is 13.5 Å². The average Bonchev–Trinajstić information content (AvgIpc) is 2.47. The molecule has 1 aromatic carbocycles. The number of phenolic OH excluding ortho intramolecular Hbond substituents is 1. The fourth-order valence-electron chi connectivity index (χ4n) is 2.93. The normalized spacial score (nSPS) is 19.9. The number of benzene rings is 1. The highest BCUT2D eigenvalue weighted by atomic mass is 32.2. The fourth-order valence-corrected chi connectivity index (χ4v) is 4.37. The molecular formula is C15H23NO3S. The Morgan fingerprint density at radius 2 is 1.60 bits per heavy atom. The van der Waals surface area contributed by atoms with E-state index in [2.05, 4.69) is 13.8 Å². The van der Waals surface area contributed by atoms with E-state index in [-0.39, 0.29) is 10.6 Å². The summed E-state index contributed by atoms with van der Waals surface area (Å²) in [5.41, 5.74) is 0.307. The number of piperidine rings is 1. The van der Waals surface area contributed by atoms with E-state index in [0.717, 1.165) is 25.7 Å². The molecule has 4 nitrogen and oxygen atoms in total. The topological polar surface area (TPSA) is 57.6 Å². The lowest BCUT2D eigenvalue weighted by atomic mass is 9.75. The Hall–Kier alpha value is -1.07. The Morgan fingerprint density at radius 3 is 2.05 bits per heavy atom. The van der Waals surface area contributed by atoms with Crippen LogP contribution in [0.3, 0.4) is 0 Å². The molecule has 1 aliphatic heterocycles. The zero-order valence-corrected chi connectivity index (χ0v) is 13.0. The van der Waals surface area contributed by atoms with Crippen molar-refractivity contribution in [1.29, 1.82) is 0 Å². The van der Waals surface area contributed by atoms with E-state index < -0.39 is 10.0 Å². The van der Waals surface area contributed by atoms with Crippen LogP contribution in [-0.4, -0.2) is 30.9 Å². The van der Waals surface area contributed by atoms with Gasteiger partial charge in [-0.25, -0.2) is 8.42 Å². The number of hydrogen-bond donors (Lipinski definition) is 1. The van der Waals surface area contributed by atoms with Crippen molar-refractivity contribution in [3.63, 3.8) is 0 Å². The summed E-state index contributed by atoms with van der Waals surface area (Å²) in [7, 11) is -3.42. The zero-order chi connectivity index (χ0) is 14.8. The molecule has 0 aromatic heterocycles. The van der Waals surface area contributed by atoms with Crippen molar-refractivity contribution in [2.24, 2.45) is 5.41 Å². The van der Waals surface area contributed by atoms with Gasteiger partial charge in [-0.3, -0.25) is 0 Å². The minimum atomic E-state index is -3.42. The van der Waals surface area contributed by atoms with Gasteiger partial charge in [0.2, 0.25) is 10.0 Å². The smallest absolute Gasteiger partial charge is 0.243 e. The Balaban J connectivity index is 2.15. The second kappa shape index (κ2) is 5.74. The Labute approximate surface area is 121 Å². The molecule has 1 saturated heterocycles. The van der Waals surface area contributed by atoms with E-state index in [1.54, 1.807) is 4.31 Å². The number of hydrogen-bond acceptors (Lipinski definition) is 3. The standard InChI is InChI=1S/C15H23NO3S/c1-3-15(4-2)9-11-16(12-10-15)20(18,19)14-7-5-13(17)6-8-14/h5-8,17H,3-4,9-12H2,1-2H3. The number of rotatable bonds is 4. The minimum Gasteiger partial charge on any atom is -0.508 e. The highest BCUT2D eigenvalue weighted by molar-refractivity contribution is 7.89. The maximum Gasteiger partial charge on any atom is 0.243 e. The first-order chi connectivity index (χ1) is 9.43. The van der Waals surface area contributed by atoms with Crippen LogP contribution in [0, 0.1) is 5.41 Å². The molecule has 1 aliphatic rings. The second-order valence-corrected chi connectivity index (χ2v) is 7.54. The van der Waals surface area contributed by atoms with Gasteiger partial charge in [0.1, 0.15) is 5.75 Å². The molecule has 5 heteroatoms. The minimum absolute atomic E-state index is 0.0820. The lowest BCUT2D eigenvalue weighted by Gasteiger charge is -2.40. The summed E-state index contributed by atoms with van der Waals surface area (Å²) in [5, 5.41) is 9.26. The third-order valence-corrected chi connectivity index (χ3v) is 6.67. The molecule has 0 aliphatic carbocycles. The van der Waals surface area contributed by atoms with Crippen LogP contribution in [0.15, 0.2) is 29.2 Å². The van der Waals surface area contributed by atoms with Crippen LogP contribution in [0.4, 0.5) is 0 Å². The van der Waals surface area contributed by atoms with Gasteiger partial charge < -0.3 is 5.11 Å². The van der Waals surface area contributed by atoms with Crippen molar-refractivity contribution in [3.8, 4) is 5.75 Å². The largest absolute Gasteiger partial charge is 0.508 e. The van der Waals surface area contributed by atoms with Crippen LogP contribution in [0.1, 0.15) is 39.5 Å². The molecule has 2 rings (SSSR count). The van der Waals surface area contributed by atoms with Crippen molar-refractivity contribution >= 4 is 10.0 Å². The van der Waals surface area contributed by atoms with E-state index in [1.807, 2.05) is 0 Å². The summed E-state index contributed by atoms with van der Waals surface area (Å²) in [6, 6.07) is 5.76. The van der Waals surface area contributed by atoms with E-state index in [1.165, 1.54) is 24.3 Å². The summed E-state index contributed by atoms with van der Waals surface area (Å²) in [4.78, 5) is 0.260. The van der Waals surface area contributed by atoms with E-state index >= 15 is 0 Å². The molecule has 0 unspecified atom stereocenters. The van der Waals surface area contributed by atoms with Crippen LogP contribution in [-0.2, 0) is 10.0 Å². The Kier molecular flexibility index (Phi) is 4.39. The molecule has 0 atom stereocenters. The molecule has 1 fully saturated rings. The average molecular weight is 297 g/mol. The first-order valence-electron chi connectivity index (χ1n) is 7.23. The predicted molar refractivity (Wildman–Crippen MR) is 79.1 cm³/mol. The van der Waals surface area contributed by atoms with Gasteiger partial charge in [0, 0.05) is 13.1 Å². The molecule has 1 heterocycles. The number of sulfonamides is 1. The maximum atomic E-state index is 12.5. The van der Waals surface area contributed by atoms with Gasteiger partial charge in [-0.05, 0) is 42.5 Å². The zero-order valence-electron chi connectivity index (χ0n) is 12.2. The molecule has 0 saturated carbocycles.